The average molecular weight is 357 g/mol. The van der Waals surface area contributed by atoms with E-state index in [1.807, 2.05) is 13.8 Å². The molecule has 2 aromatic rings. The highest BCUT2D eigenvalue weighted by Crippen LogP contribution is 2.20. The van der Waals surface area contributed by atoms with Crippen LogP contribution in [-0.4, -0.2) is 34.3 Å². The van der Waals surface area contributed by atoms with Crippen molar-refractivity contribution in [2.24, 2.45) is 0 Å². The average Bonchev–Trinajstić information content (AvgIpc) is 3.37. The quantitative estimate of drug-likeness (QED) is 0.637. The molecule has 0 atom stereocenters. The second-order valence-electron chi connectivity index (χ2n) is 6.26. The lowest BCUT2D eigenvalue weighted by Gasteiger charge is -2.04. The van der Waals surface area contributed by atoms with Crippen LogP contribution in [0, 0.1) is 19.7 Å². The molecule has 1 saturated carbocycles. The summed E-state index contributed by atoms with van der Waals surface area (Å²) >= 11 is 0. The maximum absolute atomic E-state index is 13.1. The molecule has 1 amide bonds. The Morgan fingerprint density at radius 3 is 2.65 bits per heavy atom. The molecular weight excluding hydrogens is 337 g/mol. The number of hydrogen-bond acceptors (Lipinski definition) is 4. The van der Waals surface area contributed by atoms with Gasteiger partial charge in [0, 0.05) is 23.4 Å². The van der Waals surface area contributed by atoms with Gasteiger partial charge in [0.1, 0.15) is 5.82 Å². The van der Waals surface area contributed by atoms with Gasteiger partial charge >= 0.3 is 5.97 Å². The number of nitrogens with zero attached hydrogens (tertiary/aromatic N) is 2. The first-order valence-corrected chi connectivity index (χ1v) is 8.40. The van der Waals surface area contributed by atoms with Gasteiger partial charge in [0.25, 0.3) is 5.91 Å². The van der Waals surface area contributed by atoms with E-state index in [-0.39, 0.29) is 24.4 Å². The number of ether oxygens (including phenoxy) is 1. The summed E-state index contributed by atoms with van der Waals surface area (Å²) < 4.78 is 19.7. The number of aromatic nitrogens is 2. The highest BCUT2D eigenvalue weighted by atomic mass is 19.1. The van der Waals surface area contributed by atoms with Crippen molar-refractivity contribution in [2.45, 2.75) is 32.7 Å². The van der Waals surface area contributed by atoms with Crippen LogP contribution in [0.1, 0.15) is 29.8 Å². The van der Waals surface area contributed by atoms with Gasteiger partial charge in [0.15, 0.2) is 6.61 Å². The van der Waals surface area contributed by atoms with Gasteiger partial charge in [-0.25, -0.2) is 13.9 Å². The Hall–Kier alpha value is -2.96. The summed E-state index contributed by atoms with van der Waals surface area (Å²) in [6.45, 7) is 3.39. The molecule has 3 rings (SSSR count). The molecule has 1 aromatic heterocycles. The first-order chi connectivity index (χ1) is 12.4. The van der Waals surface area contributed by atoms with Gasteiger partial charge in [-0.2, -0.15) is 5.10 Å². The van der Waals surface area contributed by atoms with Crippen LogP contribution in [0.25, 0.3) is 11.8 Å². The predicted octanol–water partition coefficient (Wildman–Crippen LogP) is 2.46. The van der Waals surface area contributed by atoms with E-state index >= 15 is 0 Å². The summed E-state index contributed by atoms with van der Waals surface area (Å²) in [5.41, 5.74) is 3.03. The maximum atomic E-state index is 13.1. The van der Waals surface area contributed by atoms with Crippen LogP contribution in [0.4, 0.5) is 4.39 Å². The molecule has 1 heterocycles. The highest BCUT2D eigenvalue weighted by molar-refractivity contribution is 5.89. The molecule has 0 radical (unpaired) electrons. The van der Waals surface area contributed by atoms with Crippen molar-refractivity contribution in [3.05, 3.63) is 53.1 Å². The zero-order chi connectivity index (χ0) is 18.7. The molecule has 136 valence electrons. The predicted molar refractivity (Wildman–Crippen MR) is 94.2 cm³/mol. The third-order valence-corrected chi connectivity index (χ3v) is 4.09. The molecule has 1 N–H and O–H groups in total. The van der Waals surface area contributed by atoms with Crippen molar-refractivity contribution in [3.63, 3.8) is 0 Å². The number of carbonyl (C=O) groups excluding carboxylic acids is 2. The molecule has 0 aliphatic heterocycles. The maximum Gasteiger partial charge on any atom is 0.331 e. The minimum absolute atomic E-state index is 0.236. The number of rotatable bonds is 6. The molecule has 0 saturated heterocycles. The fourth-order valence-corrected chi connectivity index (χ4v) is 2.56. The SMILES string of the molecule is Cc1nn(-c2ccc(F)cc2)c(C)c1/C=C/C(=O)OCC(=O)NC1CC1. The summed E-state index contributed by atoms with van der Waals surface area (Å²) in [7, 11) is 0. The highest BCUT2D eigenvalue weighted by Gasteiger charge is 2.23. The summed E-state index contributed by atoms with van der Waals surface area (Å²) in [6, 6.07) is 6.24. The van der Waals surface area contributed by atoms with Crippen LogP contribution in [0.3, 0.4) is 0 Å². The standard InChI is InChI=1S/C19H20FN3O3/c1-12-17(9-10-19(25)26-11-18(24)21-15-5-6-15)13(2)23(22-12)16-7-3-14(20)4-8-16/h3-4,7-10,15H,5-6,11H2,1-2H3,(H,21,24)/b10-9+. The Labute approximate surface area is 150 Å². The number of hydrogen-bond donors (Lipinski definition) is 1. The van der Waals surface area contributed by atoms with Crippen LogP contribution in [0.2, 0.25) is 0 Å². The topological polar surface area (TPSA) is 73.2 Å². The van der Waals surface area contributed by atoms with Crippen molar-refractivity contribution in [1.82, 2.24) is 15.1 Å². The van der Waals surface area contributed by atoms with Crippen LogP contribution in [0.15, 0.2) is 30.3 Å². The fraction of sp³-hybridized carbons (Fsp3) is 0.316. The van der Waals surface area contributed by atoms with Crippen LogP contribution >= 0.6 is 0 Å². The van der Waals surface area contributed by atoms with E-state index in [4.69, 9.17) is 4.74 Å². The first-order valence-electron chi connectivity index (χ1n) is 8.40. The van der Waals surface area contributed by atoms with E-state index in [0.29, 0.717) is 0 Å². The Morgan fingerprint density at radius 1 is 1.31 bits per heavy atom. The molecule has 1 aliphatic rings. The molecule has 0 unspecified atom stereocenters. The molecule has 26 heavy (non-hydrogen) atoms. The number of aryl methyl sites for hydroxylation is 1. The Morgan fingerprint density at radius 2 is 2.00 bits per heavy atom. The Kier molecular flexibility index (Phi) is 5.16. The summed E-state index contributed by atoms with van der Waals surface area (Å²) in [4.78, 5) is 23.3. The third-order valence-electron chi connectivity index (χ3n) is 4.09. The number of carbonyl (C=O) groups is 2. The van der Waals surface area contributed by atoms with Crippen molar-refractivity contribution in [2.75, 3.05) is 6.61 Å². The monoisotopic (exact) mass is 357 g/mol. The lowest BCUT2D eigenvalue weighted by Crippen LogP contribution is -2.30. The van der Waals surface area contributed by atoms with Gasteiger partial charge < -0.3 is 10.1 Å². The first kappa shape index (κ1) is 17.8. The van der Waals surface area contributed by atoms with Crippen LogP contribution in [0.5, 0.6) is 0 Å². The smallest absolute Gasteiger partial charge is 0.331 e. The molecule has 1 aliphatic carbocycles. The van der Waals surface area contributed by atoms with E-state index in [9.17, 15) is 14.0 Å². The number of esters is 1. The van der Waals surface area contributed by atoms with E-state index < -0.39 is 5.97 Å². The van der Waals surface area contributed by atoms with Crippen molar-refractivity contribution in [3.8, 4) is 5.69 Å². The van der Waals surface area contributed by atoms with Crippen molar-refractivity contribution < 1.29 is 18.7 Å². The molecule has 1 aromatic carbocycles. The normalized spacial score (nSPS) is 13.8. The van der Waals surface area contributed by atoms with E-state index in [0.717, 1.165) is 35.5 Å². The summed E-state index contributed by atoms with van der Waals surface area (Å²) in [5, 5.41) is 7.18. The van der Waals surface area contributed by atoms with Crippen LogP contribution < -0.4 is 5.32 Å². The van der Waals surface area contributed by atoms with E-state index in [2.05, 4.69) is 10.4 Å². The molecular formula is C19H20FN3O3. The van der Waals surface area contributed by atoms with E-state index in [1.54, 1.807) is 22.9 Å². The van der Waals surface area contributed by atoms with Crippen molar-refractivity contribution >= 4 is 18.0 Å². The lowest BCUT2D eigenvalue weighted by molar-refractivity contribution is -0.143. The van der Waals surface area contributed by atoms with Gasteiger partial charge in [-0.05, 0) is 57.0 Å². The van der Waals surface area contributed by atoms with Gasteiger partial charge in [-0.15, -0.1) is 0 Å². The molecule has 7 heteroatoms. The molecule has 6 nitrogen and oxygen atoms in total. The van der Waals surface area contributed by atoms with Gasteiger partial charge in [0.05, 0.1) is 11.4 Å². The zero-order valence-electron chi connectivity index (χ0n) is 14.7. The zero-order valence-corrected chi connectivity index (χ0v) is 14.7. The second-order valence-corrected chi connectivity index (χ2v) is 6.26. The Balaban J connectivity index is 1.65. The summed E-state index contributed by atoms with van der Waals surface area (Å²) in [5.74, 6) is -1.20. The Bertz CT molecular complexity index is 852. The number of amides is 1. The minimum Gasteiger partial charge on any atom is -0.452 e. The van der Waals surface area contributed by atoms with Crippen LogP contribution in [-0.2, 0) is 14.3 Å². The van der Waals surface area contributed by atoms with Gasteiger partial charge in [-0.1, -0.05) is 0 Å². The number of benzene rings is 1. The van der Waals surface area contributed by atoms with Gasteiger partial charge in [0.2, 0.25) is 0 Å². The summed E-state index contributed by atoms with van der Waals surface area (Å²) in [6.07, 6.45) is 4.85. The fourth-order valence-electron chi connectivity index (χ4n) is 2.56. The molecule has 1 fully saturated rings. The van der Waals surface area contributed by atoms with Crippen molar-refractivity contribution in [1.29, 1.82) is 0 Å². The third kappa shape index (κ3) is 4.36. The van der Waals surface area contributed by atoms with Gasteiger partial charge in [-0.3, -0.25) is 4.79 Å². The minimum atomic E-state index is -0.593. The number of nitrogens with one attached hydrogen (secondary N) is 1. The molecule has 0 bridgehead atoms. The second kappa shape index (κ2) is 7.51. The van der Waals surface area contributed by atoms with E-state index in [1.165, 1.54) is 18.2 Å². The largest absolute Gasteiger partial charge is 0.452 e. The lowest BCUT2D eigenvalue weighted by atomic mass is 10.2. The molecule has 0 spiro atoms. The number of halogens is 1.